The van der Waals surface area contributed by atoms with Crippen LogP contribution in [0.15, 0.2) is 24.3 Å². The Morgan fingerprint density at radius 3 is 0.685 bits per heavy atom. The number of allylic oxidation sites excluding steroid dienone is 4. The van der Waals surface area contributed by atoms with E-state index >= 15 is 0 Å². The van der Waals surface area contributed by atoms with E-state index in [1.54, 1.807) is 5.92 Å². The topological polar surface area (TPSA) is 0 Å². The van der Waals surface area contributed by atoms with Gasteiger partial charge in [0.1, 0.15) is 0 Å². The van der Waals surface area contributed by atoms with Gasteiger partial charge in [0.25, 0.3) is 0 Å². The Hall–Kier alpha value is -0.520. The second-order valence-electron chi connectivity index (χ2n) is 17.8. The van der Waals surface area contributed by atoms with Crippen LogP contribution in [0.5, 0.6) is 0 Å². The lowest BCUT2D eigenvalue weighted by atomic mass is 9.93. The van der Waals surface area contributed by atoms with Crippen molar-refractivity contribution in [1.82, 2.24) is 0 Å². The molecule has 321 valence electrons. The fraction of sp³-hybridized carbons (Fsp3) is 0.907. The molecular weight excluding hydrogens is 649 g/mol. The zero-order valence-electron chi connectivity index (χ0n) is 38.3. The van der Waals surface area contributed by atoms with Crippen LogP contribution in [0, 0.1) is 5.92 Å². The third-order valence-electron chi connectivity index (χ3n) is 12.2. The SMILES string of the molecule is CCCCCCCC/C=C\CCCCCCC[C](C=CCCCCCCCCCCCCCCCC)CCCCCCCCCCCCCCCCCC. The molecule has 0 amide bonds. The van der Waals surface area contributed by atoms with Gasteiger partial charge < -0.3 is 0 Å². The summed E-state index contributed by atoms with van der Waals surface area (Å²) in [5.41, 5.74) is 0. The predicted octanol–water partition coefficient (Wildman–Crippen LogP) is 20.7. The zero-order valence-corrected chi connectivity index (χ0v) is 38.3. The normalized spacial score (nSPS) is 12.1. The Kier molecular flexibility index (Phi) is 50.0. The van der Waals surface area contributed by atoms with E-state index in [0.29, 0.717) is 0 Å². The number of hydrogen-bond acceptors (Lipinski definition) is 0. The smallest absolute Gasteiger partial charge is 0.00273 e. The Morgan fingerprint density at radius 2 is 0.426 bits per heavy atom. The molecule has 0 aromatic carbocycles. The number of hydrogen-bond donors (Lipinski definition) is 0. The highest BCUT2D eigenvalue weighted by molar-refractivity contribution is 5.09. The van der Waals surface area contributed by atoms with Crippen LogP contribution in [-0.2, 0) is 0 Å². The van der Waals surface area contributed by atoms with Crippen molar-refractivity contribution in [3.8, 4) is 0 Å². The molecule has 0 aromatic rings. The highest BCUT2D eigenvalue weighted by atomic mass is 14.1. The first-order valence-electron chi connectivity index (χ1n) is 26.0. The monoisotopic (exact) mass is 754 g/mol. The molecule has 54 heavy (non-hydrogen) atoms. The van der Waals surface area contributed by atoms with E-state index in [9.17, 15) is 0 Å². The molecule has 0 aromatic heterocycles. The van der Waals surface area contributed by atoms with Gasteiger partial charge in [-0.05, 0) is 57.3 Å². The van der Waals surface area contributed by atoms with Gasteiger partial charge in [0, 0.05) is 0 Å². The predicted molar refractivity (Wildman–Crippen MR) is 251 cm³/mol. The minimum Gasteiger partial charge on any atom is -0.0885 e. The van der Waals surface area contributed by atoms with Crippen molar-refractivity contribution in [2.45, 2.75) is 316 Å². The van der Waals surface area contributed by atoms with Gasteiger partial charge in [0.2, 0.25) is 0 Å². The van der Waals surface area contributed by atoms with Crippen molar-refractivity contribution in [3.05, 3.63) is 30.2 Å². The van der Waals surface area contributed by atoms with Crippen LogP contribution in [0.2, 0.25) is 0 Å². The van der Waals surface area contributed by atoms with Crippen LogP contribution in [-0.4, -0.2) is 0 Å². The van der Waals surface area contributed by atoms with E-state index in [2.05, 4.69) is 45.1 Å². The molecule has 0 bridgehead atoms. The molecule has 0 unspecified atom stereocenters. The lowest BCUT2D eigenvalue weighted by molar-refractivity contribution is 0.526. The lowest BCUT2D eigenvalue weighted by Gasteiger charge is -2.12. The van der Waals surface area contributed by atoms with Crippen molar-refractivity contribution < 1.29 is 0 Å². The van der Waals surface area contributed by atoms with Gasteiger partial charge in [-0.25, -0.2) is 0 Å². The zero-order chi connectivity index (χ0) is 38.9. The second-order valence-corrected chi connectivity index (χ2v) is 17.8. The molecule has 0 aliphatic carbocycles. The summed E-state index contributed by atoms with van der Waals surface area (Å²) in [6, 6.07) is 0. The summed E-state index contributed by atoms with van der Waals surface area (Å²) < 4.78 is 0. The maximum Gasteiger partial charge on any atom is -0.00273 e. The molecule has 0 saturated carbocycles. The molecule has 0 heterocycles. The van der Waals surface area contributed by atoms with E-state index in [4.69, 9.17) is 0 Å². The average Bonchev–Trinajstić information content (AvgIpc) is 3.18. The minimum absolute atomic E-state index is 1.30. The van der Waals surface area contributed by atoms with E-state index in [0.717, 1.165) is 0 Å². The third-order valence-corrected chi connectivity index (χ3v) is 12.2. The summed E-state index contributed by atoms with van der Waals surface area (Å²) >= 11 is 0. The summed E-state index contributed by atoms with van der Waals surface area (Å²) in [7, 11) is 0. The maximum atomic E-state index is 2.59. The van der Waals surface area contributed by atoms with Gasteiger partial charge >= 0.3 is 0 Å². The summed E-state index contributed by atoms with van der Waals surface area (Å²) in [5.74, 6) is 1.77. The standard InChI is InChI=1S/C54H105/c1-4-7-10-13-16-19-22-25-28-31-34-37-40-43-46-49-52-54(51-48-45-42-39-36-33-30-27-24-21-18-15-12-9-6-3)53-50-47-44-41-38-35-32-29-26-23-20-17-14-11-8-5-2/h27,30,49,52H,4-26,28-29,31-48,50-51,53H2,1-3H3/b30-27-,52-49?. The number of unbranched alkanes of at least 4 members (excludes halogenated alkanes) is 40. The van der Waals surface area contributed by atoms with Gasteiger partial charge in [-0.2, -0.15) is 0 Å². The Balaban J connectivity index is 4.05. The van der Waals surface area contributed by atoms with Crippen molar-refractivity contribution >= 4 is 0 Å². The molecule has 0 rings (SSSR count). The molecule has 0 heteroatoms. The van der Waals surface area contributed by atoms with Gasteiger partial charge in [-0.3, -0.25) is 0 Å². The summed E-state index contributed by atoms with van der Waals surface area (Å²) in [5, 5.41) is 0. The molecular formula is C54H105. The Labute approximate surface area is 345 Å². The minimum atomic E-state index is 1.30. The molecule has 0 nitrogen and oxygen atoms in total. The average molecular weight is 754 g/mol. The number of rotatable bonds is 48. The molecule has 0 spiro atoms. The first-order chi connectivity index (χ1) is 26.8. The van der Waals surface area contributed by atoms with Crippen LogP contribution in [0.1, 0.15) is 316 Å². The maximum absolute atomic E-state index is 2.59. The van der Waals surface area contributed by atoms with E-state index in [1.165, 1.54) is 295 Å². The van der Waals surface area contributed by atoms with Crippen LogP contribution < -0.4 is 0 Å². The van der Waals surface area contributed by atoms with Crippen molar-refractivity contribution in [2.24, 2.45) is 0 Å². The van der Waals surface area contributed by atoms with E-state index in [-0.39, 0.29) is 0 Å². The fourth-order valence-electron chi connectivity index (χ4n) is 8.32. The highest BCUT2D eigenvalue weighted by Gasteiger charge is 2.06. The van der Waals surface area contributed by atoms with Crippen LogP contribution in [0.3, 0.4) is 0 Å². The van der Waals surface area contributed by atoms with Gasteiger partial charge in [-0.1, -0.05) is 289 Å². The quantitative estimate of drug-likeness (QED) is 0.0429. The summed E-state index contributed by atoms with van der Waals surface area (Å²) in [4.78, 5) is 0. The van der Waals surface area contributed by atoms with Crippen LogP contribution >= 0.6 is 0 Å². The van der Waals surface area contributed by atoms with E-state index in [1.807, 2.05) is 0 Å². The molecule has 0 aliphatic rings. The first-order valence-corrected chi connectivity index (χ1v) is 26.0. The van der Waals surface area contributed by atoms with Crippen molar-refractivity contribution in [2.75, 3.05) is 0 Å². The van der Waals surface area contributed by atoms with Crippen molar-refractivity contribution in [3.63, 3.8) is 0 Å². The molecule has 0 aliphatic heterocycles. The highest BCUT2D eigenvalue weighted by Crippen LogP contribution is 2.24. The molecule has 1 radical (unpaired) electrons. The van der Waals surface area contributed by atoms with Crippen molar-refractivity contribution in [1.29, 1.82) is 0 Å². The van der Waals surface area contributed by atoms with Crippen LogP contribution in [0.4, 0.5) is 0 Å². The van der Waals surface area contributed by atoms with Gasteiger partial charge in [-0.15, -0.1) is 0 Å². The molecule has 0 atom stereocenters. The summed E-state index contributed by atoms with van der Waals surface area (Å²) in [6.45, 7) is 6.94. The first kappa shape index (κ1) is 53.5. The lowest BCUT2D eigenvalue weighted by Crippen LogP contribution is -1.95. The van der Waals surface area contributed by atoms with Gasteiger partial charge in [0.15, 0.2) is 0 Å². The summed E-state index contributed by atoms with van der Waals surface area (Å²) in [6.07, 6.45) is 76.0. The Morgan fingerprint density at radius 1 is 0.222 bits per heavy atom. The third kappa shape index (κ3) is 47.6. The molecule has 0 saturated heterocycles. The molecule has 0 fully saturated rings. The molecule has 0 N–H and O–H groups in total. The fourth-order valence-corrected chi connectivity index (χ4v) is 8.32. The Bertz CT molecular complexity index is 686. The van der Waals surface area contributed by atoms with E-state index < -0.39 is 0 Å². The van der Waals surface area contributed by atoms with Gasteiger partial charge in [0.05, 0.1) is 0 Å². The largest absolute Gasteiger partial charge is 0.0885 e. The van der Waals surface area contributed by atoms with Crippen LogP contribution in [0.25, 0.3) is 0 Å². The second kappa shape index (κ2) is 50.5.